The lowest BCUT2D eigenvalue weighted by Gasteiger charge is -2.28. The standard InChI is InChI=1S/C16H19ClN2O4/c1-3-22-12-6-4-5-11(9-12)14-13(15(20)23-8-7-17)10(2)18-16(21)19-14/h4-6,9,14H,3,7-8H2,1-2H3,(H2,18,19,21). The van der Waals surface area contributed by atoms with Gasteiger partial charge in [0.05, 0.1) is 24.1 Å². The molecular weight excluding hydrogens is 320 g/mol. The molecule has 1 aliphatic heterocycles. The molecule has 0 fully saturated rings. The lowest BCUT2D eigenvalue weighted by Crippen LogP contribution is -2.45. The maximum Gasteiger partial charge on any atom is 0.338 e. The molecule has 0 saturated heterocycles. The molecule has 0 saturated carbocycles. The third-order valence-corrected chi connectivity index (χ3v) is 3.46. The third kappa shape index (κ3) is 4.16. The number of halogens is 1. The first-order chi connectivity index (χ1) is 11.1. The van der Waals surface area contributed by atoms with Crippen molar-refractivity contribution in [2.24, 2.45) is 0 Å². The molecule has 124 valence electrons. The van der Waals surface area contributed by atoms with Crippen LogP contribution in [0, 0.1) is 0 Å². The molecule has 1 unspecified atom stereocenters. The second-order valence-electron chi connectivity index (χ2n) is 4.90. The van der Waals surface area contributed by atoms with Crippen molar-refractivity contribution in [1.82, 2.24) is 10.6 Å². The van der Waals surface area contributed by atoms with Crippen LogP contribution in [0.4, 0.5) is 4.79 Å². The zero-order valence-corrected chi connectivity index (χ0v) is 13.8. The predicted octanol–water partition coefficient (Wildman–Crippen LogP) is 2.50. The van der Waals surface area contributed by atoms with Gasteiger partial charge in [-0.3, -0.25) is 0 Å². The number of carbonyl (C=O) groups is 2. The highest BCUT2D eigenvalue weighted by Crippen LogP contribution is 2.29. The van der Waals surface area contributed by atoms with Crippen molar-refractivity contribution < 1.29 is 19.1 Å². The predicted molar refractivity (Wildman–Crippen MR) is 86.4 cm³/mol. The van der Waals surface area contributed by atoms with E-state index < -0.39 is 12.0 Å². The summed E-state index contributed by atoms with van der Waals surface area (Å²) < 4.78 is 10.6. The van der Waals surface area contributed by atoms with Crippen molar-refractivity contribution in [2.75, 3.05) is 19.1 Å². The van der Waals surface area contributed by atoms with Crippen LogP contribution in [0.25, 0.3) is 0 Å². The molecule has 1 aliphatic rings. The summed E-state index contributed by atoms with van der Waals surface area (Å²) in [6, 6.07) is 6.27. The first-order valence-electron chi connectivity index (χ1n) is 7.31. The largest absolute Gasteiger partial charge is 0.494 e. The van der Waals surface area contributed by atoms with E-state index >= 15 is 0 Å². The summed E-state index contributed by atoms with van der Waals surface area (Å²) in [6.45, 7) is 4.19. The normalized spacial score (nSPS) is 17.3. The molecule has 2 amide bonds. The molecule has 1 aromatic carbocycles. The molecule has 6 nitrogen and oxygen atoms in total. The van der Waals surface area contributed by atoms with Crippen LogP contribution >= 0.6 is 11.6 Å². The quantitative estimate of drug-likeness (QED) is 0.617. The number of hydrogen-bond acceptors (Lipinski definition) is 4. The molecule has 1 aromatic rings. The Morgan fingerprint density at radius 2 is 2.17 bits per heavy atom. The maximum absolute atomic E-state index is 12.3. The third-order valence-electron chi connectivity index (χ3n) is 3.30. The number of urea groups is 1. The van der Waals surface area contributed by atoms with Gasteiger partial charge in [0, 0.05) is 5.70 Å². The highest BCUT2D eigenvalue weighted by Gasteiger charge is 2.32. The minimum absolute atomic E-state index is 0.108. The van der Waals surface area contributed by atoms with Crippen LogP contribution in [-0.2, 0) is 9.53 Å². The van der Waals surface area contributed by atoms with Crippen LogP contribution in [0.5, 0.6) is 5.75 Å². The number of hydrogen-bond donors (Lipinski definition) is 2. The summed E-state index contributed by atoms with van der Waals surface area (Å²) in [5, 5.41) is 5.33. The van der Waals surface area contributed by atoms with E-state index in [9.17, 15) is 9.59 Å². The molecule has 0 radical (unpaired) electrons. The summed E-state index contributed by atoms with van der Waals surface area (Å²) in [4.78, 5) is 24.1. The zero-order valence-electron chi connectivity index (χ0n) is 13.0. The number of alkyl halides is 1. The van der Waals surface area contributed by atoms with Crippen LogP contribution in [0.2, 0.25) is 0 Å². The van der Waals surface area contributed by atoms with Gasteiger partial charge in [-0.2, -0.15) is 0 Å². The van der Waals surface area contributed by atoms with Gasteiger partial charge in [0.2, 0.25) is 0 Å². The molecule has 7 heteroatoms. The van der Waals surface area contributed by atoms with Gasteiger partial charge in [-0.25, -0.2) is 9.59 Å². The van der Waals surface area contributed by atoms with Crippen molar-refractivity contribution in [3.05, 3.63) is 41.1 Å². The molecule has 1 atom stereocenters. The highest BCUT2D eigenvalue weighted by molar-refractivity contribution is 6.18. The van der Waals surface area contributed by atoms with E-state index in [2.05, 4.69) is 10.6 Å². The average molecular weight is 339 g/mol. The lowest BCUT2D eigenvalue weighted by molar-refractivity contribution is -0.139. The van der Waals surface area contributed by atoms with Gasteiger partial charge in [-0.1, -0.05) is 12.1 Å². The smallest absolute Gasteiger partial charge is 0.338 e. The maximum atomic E-state index is 12.3. The van der Waals surface area contributed by atoms with Gasteiger partial charge in [0.1, 0.15) is 12.4 Å². The molecule has 0 bridgehead atoms. The Bertz CT molecular complexity index is 630. The SMILES string of the molecule is CCOc1cccc(C2NC(=O)NC(C)=C2C(=O)OCCCl)c1. The summed E-state index contributed by atoms with van der Waals surface area (Å²) in [5.41, 5.74) is 1.55. The zero-order chi connectivity index (χ0) is 16.8. The number of rotatable bonds is 6. The average Bonchev–Trinajstić information content (AvgIpc) is 2.52. The van der Waals surface area contributed by atoms with Crippen LogP contribution in [0.15, 0.2) is 35.5 Å². The van der Waals surface area contributed by atoms with E-state index in [1.165, 1.54) is 0 Å². The van der Waals surface area contributed by atoms with Crippen LogP contribution in [-0.4, -0.2) is 31.1 Å². The summed E-state index contributed by atoms with van der Waals surface area (Å²) in [7, 11) is 0. The number of esters is 1. The lowest BCUT2D eigenvalue weighted by atomic mass is 9.95. The number of allylic oxidation sites excluding steroid dienone is 1. The number of nitrogens with one attached hydrogen (secondary N) is 2. The molecule has 2 N–H and O–H groups in total. The van der Waals surface area contributed by atoms with E-state index in [-0.39, 0.29) is 18.5 Å². The fourth-order valence-electron chi connectivity index (χ4n) is 2.37. The second kappa shape index (κ2) is 7.87. The van der Waals surface area contributed by atoms with Crippen molar-refractivity contribution in [3.63, 3.8) is 0 Å². The fraction of sp³-hybridized carbons (Fsp3) is 0.375. The van der Waals surface area contributed by atoms with Gasteiger partial charge >= 0.3 is 12.0 Å². The van der Waals surface area contributed by atoms with Crippen molar-refractivity contribution in [1.29, 1.82) is 0 Å². The van der Waals surface area contributed by atoms with E-state index in [0.29, 0.717) is 23.6 Å². The topological polar surface area (TPSA) is 76.7 Å². The first-order valence-corrected chi connectivity index (χ1v) is 7.84. The number of amides is 2. The second-order valence-corrected chi connectivity index (χ2v) is 5.28. The minimum Gasteiger partial charge on any atom is -0.494 e. The van der Waals surface area contributed by atoms with Crippen LogP contribution in [0.1, 0.15) is 25.5 Å². The van der Waals surface area contributed by atoms with Crippen LogP contribution < -0.4 is 15.4 Å². The molecule has 23 heavy (non-hydrogen) atoms. The van der Waals surface area contributed by atoms with Gasteiger partial charge < -0.3 is 20.1 Å². The summed E-state index contributed by atoms with van der Waals surface area (Å²) >= 11 is 5.56. The van der Waals surface area contributed by atoms with Gasteiger partial charge in [-0.15, -0.1) is 11.6 Å². The molecule has 0 aromatic heterocycles. The van der Waals surface area contributed by atoms with E-state index in [1.807, 2.05) is 25.1 Å². The summed E-state index contributed by atoms with van der Waals surface area (Å²) in [6.07, 6.45) is 0. The molecular formula is C16H19ClN2O4. The van der Waals surface area contributed by atoms with Gasteiger partial charge in [-0.05, 0) is 31.5 Å². The van der Waals surface area contributed by atoms with Crippen molar-refractivity contribution in [3.8, 4) is 5.75 Å². The number of benzene rings is 1. The monoisotopic (exact) mass is 338 g/mol. The van der Waals surface area contributed by atoms with Crippen molar-refractivity contribution >= 4 is 23.6 Å². The van der Waals surface area contributed by atoms with E-state index in [0.717, 1.165) is 5.56 Å². The van der Waals surface area contributed by atoms with E-state index in [1.54, 1.807) is 13.0 Å². The molecule has 0 aliphatic carbocycles. The Balaban J connectivity index is 2.36. The first kappa shape index (κ1) is 17.1. The Kier molecular flexibility index (Phi) is 5.87. The van der Waals surface area contributed by atoms with Gasteiger partial charge in [0.15, 0.2) is 0 Å². The van der Waals surface area contributed by atoms with Gasteiger partial charge in [0.25, 0.3) is 0 Å². The van der Waals surface area contributed by atoms with E-state index in [4.69, 9.17) is 21.1 Å². The fourth-order valence-corrected chi connectivity index (χ4v) is 2.45. The Labute approximate surface area is 139 Å². The minimum atomic E-state index is -0.605. The van der Waals surface area contributed by atoms with Crippen LogP contribution in [0.3, 0.4) is 0 Å². The molecule has 2 rings (SSSR count). The van der Waals surface area contributed by atoms with Crippen molar-refractivity contribution in [2.45, 2.75) is 19.9 Å². The molecule has 1 heterocycles. The summed E-state index contributed by atoms with van der Waals surface area (Å²) in [5.74, 6) is 0.369. The Morgan fingerprint density at radius 3 is 2.87 bits per heavy atom. The highest BCUT2D eigenvalue weighted by atomic mass is 35.5. The number of ether oxygens (including phenoxy) is 2. The Morgan fingerprint density at radius 1 is 1.39 bits per heavy atom. The Hall–Kier alpha value is -2.21. The molecule has 0 spiro atoms. The number of carbonyl (C=O) groups excluding carboxylic acids is 2.